The Labute approximate surface area is 326 Å². The van der Waals surface area contributed by atoms with E-state index in [0.717, 1.165) is 56.0 Å². The Morgan fingerprint density at radius 1 is 0.500 bits per heavy atom. The van der Waals surface area contributed by atoms with Crippen molar-refractivity contribution in [1.82, 2.24) is 0 Å². The summed E-state index contributed by atoms with van der Waals surface area (Å²) in [4.78, 5) is 0. The van der Waals surface area contributed by atoms with Crippen LogP contribution in [0.4, 0.5) is 0 Å². The highest BCUT2D eigenvalue weighted by Gasteiger charge is 2.48. The van der Waals surface area contributed by atoms with E-state index in [9.17, 15) is 5.11 Å². The lowest BCUT2D eigenvalue weighted by Crippen LogP contribution is -2.60. The zero-order chi connectivity index (χ0) is 39.9. The monoisotopic (exact) mass is 854 g/mol. The van der Waals surface area contributed by atoms with Gasteiger partial charge in [-0.25, -0.2) is 0 Å². The maximum Gasteiger partial charge on any atom is 0.317 e. The molecule has 1 N–H and O–H groups in total. The van der Waals surface area contributed by atoms with E-state index >= 15 is 0 Å². The molecule has 2 atom stereocenters. The highest BCUT2D eigenvalue weighted by molar-refractivity contribution is 6.91. The first kappa shape index (κ1) is 50.0. The van der Waals surface area contributed by atoms with E-state index in [4.69, 9.17) is 39.5 Å². The van der Waals surface area contributed by atoms with Crippen molar-refractivity contribution >= 4 is 59.0 Å². The molecule has 10 nitrogen and oxygen atoms in total. The summed E-state index contributed by atoms with van der Waals surface area (Å²) in [5, 5.41) is 10.0. The van der Waals surface area contributed by atoms with Gasteiger partial charge in [-0.1, -0.05) is 6.07 Å². The number of ether oxygens (including phenoxy) is 4. The largest absolute Gasteiger partial charge is 0.504 e. The van der Waals surface area contributed by atoms with Crippen molar-refractivity contribution < 1.29 is 44.6 Å². The minimum atomic E-state index is -2.76. The quantitative estimate of drug-likeness (QED) is 0.0619. The molecule has 17 heteroatoms. The maximum atomic E-state index is 10.0. The van der Waals surface area contributed by atoms with Crippen LogP contribution in [0.3, 0.4) is 0 Å². The van der Waals surface area contributed by atoms with Gasteiger partial charge in [0.15, 0.2) is 44.8 Å². The Balaban J connectivity index is 2.73. The smallest absolute Gasteiger partial charge is 0.317 e. The molecule has 0 aliphatic carbocycles. The Morgan fingerprint density at radius 2 is 0.962 bits per heavy atom. The Hall–Kier alpha value is 0.0182. The van der Waals surface area contributed by atoms with Gasteiger partial charge in [-0.2, -0.15) is 0 Å². The Morgan fingerprint density at radius 3 is 1.46 bits per heavy atom. The molecule has 2 unspecified atom stereocenters. The van der Waals surface area contributed by atoms with Crippen LogP contribution in [0, 0.1) is 0 Å². The van der Waals surface area contributed by atoms with Gasteiger partial charge in [0.05, 0.1) is 33.5 Å². The zero-order valence-corrected chi connectivity index (χ0v) is 43.0. The molecule has 0 saturated heterocycles. The SMILES string of the molecule is COc1cc(CCC[Si](C)(O[Si](C)(C)C)O[Si](C)(CCCOCCOCCOCCC[Si](C)(C)O[Si](C)(C)C)O[Si](C)(C)O[Si](C)(C)C)ccc1O. The van der Waals surface area contributed by atoms with Gasteiger partial charge in [-0.3, -0.25) is 0 Å². The van der Waals surface area contributed by atoms with E-state index in [1.54, 1.807) is 13.2 Å². The van der Waals surface area contributed by atoms with Gasteiger partial charge in [0, 0.05) is 13.2 Å². The van der Waals surface area contributed by atoms with Gasteiger partial charge in [-0.05, 0) is 160 Å². The fraction of sp³-hybridized carbons (Fsp3) is 0.829. The average Bonchev–Trinajstić information content (AvgIpc) is 2.92. The first-order chi connectivity index (χ1) is 23.7. The van der Waals surface area contributed by atoms with Gasteiger partial charge in [0.25, 0.3) is 0 Å². The molecule has 52 heavy (non-hydrogen) atoms. The summed E-state index contributed by atoms with van der Waals surface area (Å²) in [5.74, 6) is 0.646. The predicted octanol–water partition coefficient (Wildman–Crippen LogP) is 9.80. The van der Waals surface area contributed by atoms with Crippen LogP contribution in [0.2, 0.25) is 116 Å². The molecule has 0 spiro atoms. The summed E-state index contributed by atoms with van der Waals surface area (Å²) in [6.45, 7) is 37.1. The van der Waals surface area contributed by atoms with Crippen LogP contribution in [0.1, 0.15) is 24.8 Å². The van der Waals surface area contributed by atoms with E-state index < -0.39 is 59.0 Å². The summed E-state index contributed by atoms with van der Waals surface area (Å²) < 4.78 is 57.3. The summed E-state index contributed by atoms with van der Waals surface area (Å²) in [7, 11) is -13.2. The Kier molecular flexibility index (Phi) is 21.3. The number of benzene rings is 1. The molecule has 0 aliphatic heterocycles. The molecule has 0 aromatic heterocycles. The molecule has 0 amide bonds. The fourth-order valence-corrected chi connectivity index (χ4v) is 38.4. The number of hydrogen-bond donors (Lipinski definition) is 1. The first-order valence-electron chi connectivity index (χ1n) is 19.3. The van der Waals surface area contributed by atoms with Crippen molar-refractivity contribution in [2.75, 3.05) is 46.8 Å². The van der Waals surface area contributed by atoms with E-state index in [1.807, 2.05) is 12.1 Å². The third-order valence-electron chi connectivity index (χ3n) is 7.62. The van der Waals surface area contributed by atoms with E-state index in [-0.39, 0.29) is 5.75 Å². The van der Waals surface area contributed by atoms with Crippen molar-refractivity contribution in [2.45, 2.75) is 142 Å². The molecule has 0 saturated carbocycles. The fourth-order valence-electron chi connectivity index (χ4n) is 6.64. The summed E-state index contributed by atoms with van der Waals surface area (Å²) in [6, 6.07) is 8.32. The van der Waals surface area contributed by atoms with Crippen molar-refractivity contribution in [2.24, 2.45) is 0 Å². The molecular formula is C35H78O10Si7. The summed E-state index contributed by atoms with van der Waals surface area (Å²) in [5.41, 5.74) is 1.12. The molecule has 1 aromatic rings. The van der Waals surface area contributed by atoms with Crippen molar-refractivity contribution in [1.29, 1.82) is 0 Å². The zero-order valence-electron chi connectivity index (χ0n) is 36.0. The van der Waals surface area contributed by atoms with Crippen LogP contribution in [0.25, 0.3) is 0 Å². The number of methoxy groups -OCH3 is 1. The number of aromatic hydroxyl groups is 1. The van der Waals surface area contributed by atoms with Crippen LogP contribution in [-0.2, 0) is 41.2 Å². The lowest BCUT2D eigenvalue weighted by molar-refractivity contribution is 0.0145. The number of phenols is 1. The van der Waals surface area contributed by atoms with Crippen LogP contribution in [-0.4, -0.2) is 111 Å². The Bertz CT molecular complexity index is 1160. The van der Waals surface area contributed by atoms with Crippen LogP contribution in [0.5, 0.6) is 11.5 Å². The van der Waals surface area contributed by atoms with Gasteiger partial charge in [-0.15, -0.1) is 0 Å². The minimum Gasteiger partial charge on any atom is -0.504 e. The molecule has 1 rings (SSSR count). The summed E-state index contributed by atoms with van der Waals surface area (Å²) in [6.07, 6.45) is 3.61. The highest BCUT2D eigenvalue weighted by Crippen LogP contribution is 2.33. The third kappa shape index (κ3) is 24.5. The van der Waals surface area contributed by atoms with Gasteiger partial charge >= 0.3 is 25.7 Å². The molecule has 0 aliphatic rings. The molecule has 1 aromatic carbocycles. The predicted molar refractivity (Wildman–Crippen MR) is 233 cm³/mol. The van der Waals surface area contributed by atoms with E-state index in [2.05, 4.69) is 98.2 Å². The molecule has 306 valence electrons. The summed E-state index contributed by atoms with van der Waals surface area (Å²) >= 11 is 0. The van der Waals surface area contributed by atoms with Crippen LogP contribution < -0.4 is 4.74 Å². The topological polar surface area (TPSA) is 103 Å². The second kappa shape index (κ2) is 22.1. The van der Waals surface area contributed by atoms with Gasteiger partial charge in [0.2, 0.25) is 0 Å². The maximum absolute atomic E-state index is 10.0. The second-order valence-corrected chi connectivity index (χ2v) is 47.3. The van der Waals surface area contributed by atoms with Crippen molar-refractivity contribution in [3.05, 3.63) is 23.8 Å². The van der Waals surface area contributed by atoms with Crippen LogP contribution in [0.15, 0.2) is 18.2 Å². The second-order valence-electron chi connectivity index (χ2n) is 18.2. The number of hydrogen-bond acceptors (Lipinski definition) is 10. The van der Waals surface area contributed by atoms with Crippen molar-refractivity contribution in [3.8, 4) is 11.5 Å². The highest BCUT2D eigenvalue weighted by atomic mass is 28.5. The molecule has 0 fully saturated rings. The van der Waals surface area contributed by atoms with Gasteiger partial charge in [0.1, 0.15) is 0 Å². The third-order valence-corrected chi connectivity index (χ3v) is 32.1. The normalized spacial score (nSPS) is 15.8. The molecular weight excluding hydrogens is 777 g/mol. The first-order valence-corrected chi connectivity index (χ1v) is 40.5. The molecule has 0 radical (unpaired) electrons. The number of aryl methyl sites for hydroxylation is 1. The van der Waals surface area contributed by atoms with Gasteiger partial charge < -0.3 is 44.6 Å². The lowest BCUT2D eigenvalue weighted by atomic mass is 10.1. The van der Waals surface area contributed by atoms with E-state index in [0.29, 0.717) is 38.8 Å². The average molecular weight is 856 g/mol. The van der Waals surface area contributed by atoms with Crippen LogP contribution >= 0.6 is 0 Å². The van der Waals surface area contributed by atoms with Crippen molar-refractivity contribution in [3.63, 3.8) is 0 Å². The number of rotatable bonds is 29. The number of phenolic OH excluding ortho intramolecular Hbond substituents is 1. The van der Waals surface area contributed by atoms with E-state index in [1.165, 1.54) is 0 Å². The standard InChI is InChI=1S/C35H78O10Si7/c1-37-35-32-33(21-22-34(35)36)20-17-30-51(15,43-48(8,9)10)45-52(16,44-50(13,14)42-47(5,6)7)31-19-24-39-26-28-40-27-25-38-23-18-29-49(11,12)41-46(2,3)4/h21-22,32,36H,17-20,23-31H2,1-16H3. The minimum absolute atomic E-state index is 0.152. The molecule has 0 heterocycles. The lowest BCUT2D eigenvalue weighted by Gasteiger charge is -2.44. The molecule has 0 bridgehead atoms.